The highest BCUT2D eigenvalue weighted by Gasteiger charge is 2.23. The summed E-state index contributed by atoms with van der Waals surface area (Å²) in [5.74, 6) is 0.431. The second-order valence-corrected chi connectivity index (χ2v) is 8.01. The number of rotatable bonds is 5. The van der Waals surface area contributed by atoms with E-state index in [9.17, 15) is 14.0 Å². The van der Waals surface area contributed by atoms with Crippen LogP contribution in [0.1, 0.15) is 35.7 Å². The maximum absolute atomic E-state index is 13.6. The minimum Gasteiger partial charge on any atom is -0.349 e. The minimum atomic E-state index is -0.299. The van der Waals surface area contributed by atoms with E-state index in [2.05, 4.69) is 15.3 Å². The molecule has 138 valence electrons. The average molecular weight is 394 g/mol. The van der Waals surface area contributed by atoms with E-state index in [1.807, 2.05) is 6.26 Å². The predicted octanol–water partition coefficient (Wildman–Crippen LogP) is 3.23. The zero-order valence-electron chi connectivity index (χ0n) is 14.6. The molecule has 1 aliphatic heterocycles. The lowest BCUT2D eigenvalue weighted by Crippen LogP contribution is -2.31. The number of thioether (sulfide) groups is 2. The monoisotopic (exact) mass is 393 g/mol. The van der Waals surface area contributed by atoms with Crippen LogP contribution in [-0.2, 0) is 11.2 Å². The van der Waals surface area contributed by atoms with Crippen LogP contribution in [0.4, 0.5) is 4.39 Å². The highest BCUT2D eigenvalue weighted by Crippen LogP contribution is 2.36. The number of aromatic amines is 1. The fourth-order valence-electron chi connectivity index (χ4n) is 3.00. The maximum Gasteiger partial charge on any atom is 0.254 e. The first kappa shape index (κ1) is 19.0. The predicted molar refractivity (Wildman–Crippen MR) is 102 cm³/mol. The standard InChI is InChI=1S/C18H20FN3O2S2/c1-10-12(17(24)22-18(20-10)25-2)4-6-16(23)21-14-7-8-26-15-5-3-11(19)9-13(14)15/h3,5,9,14H,4,6-8H2,1-2H3,(H,21,23)(H,20,22,24). The largest absolute Gasteiger partial charge is 0.349 e. The van der Waals surface area contributed by atoms with Gasteiger partial charge in [0, 0.05) is 28.3 Å². The molecule has 26 heavy (non-hydrogen) atoms. The lowest BCUT2D eigenvalue weighted by Gasteiger charge is -2.26. The maximum atomic E-state index is 13.6. The second-order valence-electron chi connectivity index (χ2n) is 6.08. The Bertz CT molecular complexity index is 885. The number of fused-ring (bicyclic) bond motifs is 1. The van der Waals surface area contributed by atoms with E-state index in [0.29, 0.717) is 22.8 Å². The number of hydrogen-bond acceptors (Lipinski definition) is 5. The van der Waals surface area contributed by atoms with Gasteiger partial charge in [-0.05, 0) is 49.8 Å². The molecule has 0 aliphatic carbocycles. The van der Waals surface area contributed by atoms with Crippen LogP contribution in [0.5, 0.6) is 0 Å². The number of nitrogens with one attached hydrogen (secondary N) is 2. The van der Waals surface area contributed by atoms with Crippen molar-refractivity contribution in [2.24, 2.45) is 0 Å². The van der Waals surface area contributed by atoms with Crippen LogP contribution in [0.15, 0.2) is 33.0 Å². The molecule has 1 atom stereocenters. The number of benzene rings is 1. The molecule has 2 heterocycles. The molecule has 2 N–H and O–H groups in total. The van der Waals surface area contributed by atoms with Gasteiger partial charge in [-0.3, -0.25) is 9.59 Å². The molecule has 1 aliphatic rings. The minimum absolute atomic E-state index is 0.148. The summed E-state index contributed by atoms with van der Waals surface area (Å²) < 4.78 is 13.6. The third-order valence-electron chi connectivity index (χ3n) is 4.34. The van der Waals surface area contributed by atoms with Gasteiger partial charge in [-0.25, -0.2) is 9.37 Å². The molecule has 1 aromatic carbocycles. The van der Waals surface area contributed by atoms with E-state index in [1.165, 1.54) is 23.9 Å². The molecule has 0 saturated heterocycles. The fraction of sp³-hybridized carbons (Fsp3) is 0.389. The van der Waals surface area contributed by atoms with E-state index in [4.69, 9.17) is 0 Å². The lowest BCUT2D eigenvalue weighted by atomic mass is 10.0. The first-order valence-corrected chi connectivity index (χ1v) is 10.5. The van der Waals surface area contributed by atoms with Gasteiger partial charge in [0.25, 0.3) is 5.56 Å². The number of amides is 1. The zero-order valence-corrected chi connectivity index (χ0v) is 16.2. The molecule has 8 heteroatoms. The molecule has 1 aromatic heterocycles. The van der Waals surface area contributed by atoms with Crippen LogP contribution < -0.4 is 10.9 Å². The number of H-pyrrole nitrogens is 1. The molecule has 1 amide bonds. The third kappa shape index (κ3) is 4.29. The van der Waals surface area contributed by atoms with Crippen LogP contribution in [0.25, 0.3) is 0 Å². The van der Waals surface area contributed by atoms with E-state index in [0.717, 1.165) is 22.6 Å². The van der Waals surface area contributed by atoms with Gasteiger partial charge in [0.05, 0.1) is 6.04 Å². The van der Waals surface area contributed by atoms with Crippen molar-refractivity contribution in [3.8, 4) is 0 Å². The molecule has 0 fully saturated rings. The number of aryl methyl sites for hydroxylation is 1. The quantitative estimate of drug-likeness (QED) is 0.603. The van der Waals surface area contributed by atoms with Crippen molar-refractivity contribution < 1.29 is 9.18 Å². The highest BCUT2D eigenvalue weighted by molar-refractivity contribution is 7.99. The van der Waals surface area contributed by atoms with Gasteiger partial charge in [0.2, 0.25) is 5.91 Å². The molecular weight excluding hydrogens is 373 g/mol. The number of hydrogen-bond donors (Lipinski definition) is 2. The number of nitrogens with zero attached hydrogens (tertiary/aromatic N) is 1. The molecule has 5 nitrogen and oxygen atoms in total. The van der Waals surface area contributed by atoms with Crippen LogP contribution in [0.2, 0.25) is 0 Å². The second kappa shape index (κ2) is 8.26. The lowest BCUT2D eigenvalue weighted by molar-refractivity contribution is -0.121. The van der Waals surface area contributed by atoms with Crippen LogP contribution in [0.3, 0.4) is 0 Å². The van der Waals surface area contributed by atoms with E-state index in [1.54, 1.807) is 24.8 Å². The Morgan fingerprint density at radius 1 is 1.50 bits per heavy atom. The number of halogens is 1. The Balaban J connectivity index is 1.66. The summed E-state index contributed by atoms with van der Waals surface area (Å²) in [4.78, 5) is 32.5. The molecular formula is C18H20FN3O2S2. The first-order chi connectivity index (χ1) is 12.5. The Labute approximate surface area is 159 Å². The van der Waals surface area contributed by atoms with Gasteiger partial charge < -0.3 is 10.3 Å². The summed E-state index contributed by atoms with van der Waals surface area (Å²) >= 11 is 3.04. The topological polar surface area (TPSA) is 74.8 Å². The molecule has 1 unspecified atom stereocenters. The first-order valence-electron chi connectivity index (χ1n) is 8.33. The van der Waals surface area contributed by atoms with E-state index >= 15 is 0 Å². The Hall–Kier alpha value is -1.80. The van der Waals surface area contributed by atoms with Crippen LogP contribution in [0, 0.1) is 12.7 Å². The van der Waals surface area contributed by atoms with Crippen molar-refractivity contribution in [1.82, 2.24) is 15.3 Å². The highest BCUT2D eigenvalue weighted by atomic mass is 32.2. The molecule has 3 rings (SSSR count). The summed E-state index contributed by atoms with van der Waals surface area (Å²) in [5.41, 5.74) is 1.81. The van der Waals surface area contributed by atoms with Gasteiger partial charge in [-0.15, -0.1) is 11.8 Å². The summed E-state index contributed by atoms with van der Waals surface area (Å²) in [6.07, 6.45) is 3.12. The van der Waals surface area contributed by atoms with Crippen molar-refractivity contribution in [2.75, 3.05) is 12.0 Å². The Morgan fingerprint density at radius 2 is 2.31 bits per heavy atom. The summed E-state index contributed by atoms with van der Waals surface area (Å²) in [6, 6.07) is 4.50. The average Bonchev–Trinajstić information content (AvgIpc) is 2.61. The van der Waals surface area contributed by atoms with Gasteiger partial charge in [0.15, 0.2) is 5.16 Å². The molecule has 0 radical (unpaired) electrons. The third-order valence-corrected chi connectivity index (χ3v) is 6.05. The van der Waals surface area contributed by atoms with Crippen molar-refractivity contribution in [1.29, 1.82) is 0 Å². The molecule has 0 saturated carbocycles. The van der Waals surface area contributed by atoms with Crippen molar-refractivity contribution >= 4 is 29.4 Å². The van der Waals surface area contributed by atoms with Gasteiger partial charge in [-0.1, -0.05) is 11.8 Å². The van der Waals surface area contributed by atoms with Gasteiger partial charge in [-0.2, -0.15) is 0 Å². The van der Waals surface area contributed by atoms with Crippen molar-refractivity contribution in [3.63, 3.8) is 0 Å². The fourth-order valence-corrected chi connectivity index (χ4v) is 4.52. The number of aromatic nitrogens is 2. The Morgan fingerprint density at radius 3 is 3.04 bits per heavy atom. The van der Waals surface area contributed by atoms with Crippen molar-refractivity contribution in [2.45, 2.75) is 42.3 Å². The van der Waals surface area contributed by atoms with Gasteiger partial charge in [0.1, 0.15) is 5.82 Å². The Kier molecular flexibility index (Phi) is 6.03. The van der Waals surface area contributed by atoms with Crippen LogP contribution in [-0.4, -0.2) is 27.9 Å². The van der Waals surface area contributed by atoms with Crippen molar-refractivity contribution in [3.05, 3.63) is 51.2 Å². The SMILES string of the molecule is CSc1nc(C)c(CCC(=O)NC2CCSc3ccc(F)cc32)c(=O)[nH]1. The normalized spacial score (nSPS) is 16.2. The smallest absolute Gasteiger partial charge is 0.254 e. The van der Waals surface area contributed by atoms with E-state index in [-0.39, 0.29) is 29.7 Å². The number of carbonyl (C=O) groups is 1. The van der Waals surface area contributed by atoms with Crippen LogP contribution >= 0.6 is 23.5 Å². The van der Waals surface area contributed by atoms with Gasteiger partial charge >= 0.3 is 0 Å². The zero-order chi connectivity index (χ0) is 18.7. The molecule has 0 bridgehead atoms. The summed E-state index contributed by atoms with van der Waals surface area (Å²) in [7, 11) is 0. The molecule has 0 spiro atoms. The number of carbonyl (C=O) groups excluding carboxylic acids is 1. The summed E-state index contributed by atoms with van der Waals surface area (Å²) in [6.45, 7) is 1.78. The van der Waals surface area contributed by atoms with E-state index < -0.39 is 0 Å². The molecule has 2 aromatic rings. The summed E-state index contributed by atoms with van der Waals surface area (Å²) in [5, 5.41) is 3.55.